The fraction of sp³-hybridized carbons (Fsp3) is 0.625. The van der Waals surface area contributed by atoms with E-state index >= 15 is 0 Å². The van der Waals surface area contributed by atoms with Crippen LogP contribution >= 0.6 is 15.9 Å². The first-order valence-electron chi connectivity index (χ1n) is 7.29. The molecule has 1 aliphatic rings. The van der Waals surface area contributed by atoms with Crippen LogP contribution in [0.1, 0.15) is 32.3 Å². The Morgan fingerprint density at radius 3 is 2.58 bits per heavy atom. The molecule has 0 amide bonds. The first-order chi connectivity index (χ1) is 9.11. The van der Waals surface area contributed by atoms with E-state index in [0.29, 0.717) is 0 Å². The molecule has 1 saturated heterocycles. The van der Waals surface area contributed by atoms with Gasteiger partial charge in [0.1, 0.15) is 0 Å². The number of benzene rings is 1. The van der Waals surface area contributed by atoms with Gasteiger partial charge in [0.15, 0.2) is 0 Å². The predicted molar refractivity (Wildman–Crippen MR) is 86.7 cm³/mol. The summed E-state index contributed by atoms with van der Waals surface area (Å²) < 4.78 is 1.17. The van der Waals surface area contributed by atoms with Crippen molar-refractivity contribution in [3.63, 3.8) is 0 Å². The summed E-state index contributed by atoms with van der Waals surface area (Å²) in [5, 5.41) is 3.27. The van der Waals surface area contributed by atoms with Gasteiger partial charge in [-0.15, -0.1) is 0 Å². The molecule has 3 heteroatoms. The highest BCUT2D eigenvalue weighted by atomic mass is 79.9. The lowest BCUT2D eigenvalue weighted by Crippen LogP contribution is -2.36. The van der Waals surface area contributed by atoms with Crippen LogP contribution in [0.15, 0.2) is 22.7 Å². The number of nitrogens with one attached hydrogen (secondary N) is 1. The van der Waals surface area contributed by atoms with Crippen LogP contribution in [0.4, 0.5) is 5.69 Å². The number of piperidine rings is 1. The Bertz CT molecular complexity index is 409. The van der Waals surface area contributed by atoms with E-state index in [1.165, 1.54) is 41.7 Å². The van der Waals surface area contributed by atoms with Gasteiger partial charge in [-0.3, -0.25) is 0 Å². The van der Waals surface area contributed by atoms with Crippen LogP contribution in [-0.2, 0) is 6.54 Å². The van der Waals surface area contributed by atoms with Gasteiger partial charge in [0.2, 0.25) is 0 Å². The van der Waals surface area contributed by atoms with Crippen LogP contribution in [-0.4, -0.2) is 20.1 Å². The lowest BCUT2D eigenvalue weighted by atomic mass is 9.86. The average molecular weight is 325 g/mol. The Kier molecular flexibility index (Phi) is 5.28. The molecule has 0 radical (unpaired) electrons. The van der Waals surface area contributed by atoms with Crippen molar-refractivity contribution < 1.29 is 0 Å². The zero-order chi connectivity index (χ0) is 13.8. The van der Waals surface area contributed by atoms with E-state index in [9.17, 15) is 0 Å². The smallest absolute Gasteiger partial charge is 0.0423 e. The first kappa shape index (κ1) is 14.9. The van der Waals surface area contributed by atoms with Gasteiger partial charge in [-0.05, 0) is 49.4 Å². The zero-order valence-corrected chi connectivity index (χ0v) is 13.8. The highest BCUT2D eigenvalue weighted by Crippen LogP contribution is 2.31. The number of halogens is 1. The third kappa shape index (κ3) is 3.73. The van der Waals surface area contributed by atoms with Crippen LogP contribution in [0, 0.1) is 11.8 Å². The maximum absolute atomic E-state index is 3.60. The molecule has 1 heterocycles. The van der Waals surface area contributed by atoms with E-state index in [4.69, 9.17) is 0 Å². The summed E-state index contributed by atoms with van der Waals surface area (Å²) in [5.74, 6) is 1.72. The molecule has 0 spiro atoms. The van der Waals surface area contributed by atoms with Crippen molar-refractivity contribution in [2.45, 2.75) is 33.2 Å². The SMILES string of the molecule is CNCc1ccc(Br)cc1N1CCC(C(C)C)CC1. The van der Waals surface area contributed by atoms with Crippen molar-refractivity contribution in [2.24, 2.45) is 11.8 Å². The molecule has 1 aliphatic heterocycles. The molecule has 0 atom stereocenters. The number of hydrogen-bond acceptors (Lipinski definition) is 2. The predicted octanol–water partition coefficient (Wildman–Crippen LogP) is 4.04. The zero-order valence-electron chi connectivity index (χ0n) is 12.2. The van der Waals surface area contributed by atoms with E-state index in [1.807, 2.05) is 7.05 Å². The Hall–Kier alpha value is -0.540. The highest BCUT2D eigenvalue weighted by molar-refractivity contribution is 9.10. The summed E-state index contributed by atoms with van der Waals surface area (Å²) in [5.41, 5.74) is 2.79. The van der Waals surface area contributed by atoms with Gasteiger partial charge in [0.05, 0.1) is 0 Å². The number of nitrogens with zero attached hydrogens (tertiary/aromatic N) is 1. The first-order valence-corrected chi connectivity index (χ1v) is 8.09. The highest BCUT2D eigenvalue weighted by Gasteiger charge is 2.22. The van der Waals surface area contributed by atoms with Crippen LogP contribution < -0.4 is 10.2 Å². The largest absolute Gasteiger partial charge is 0.371 e. The standard InChI is InChI=1S/C16H25BrN2/c1-12(2)13-6-8-19(9-7-13)16-10-15(17)5-4-14(16)11-18-3/h4-5,10,12-13,18H,6-9,11H2,1-3H3. The molecule has 2 rings (SSSR count). The van der Waals surface area contributed by atoms with Gasteiger partial charge in [0, 0.05) is 29.8 Å². The van der Waals surface area contributed by atoms with E-state index < -0.39 is 0 Å². The molecule has 0 aliphatic carbocycles. The number of rotatable bonds is 4. The Balaban J connectivity index is 2.12. The van der Waals surface area contributed by atoms with E-state index in [1.54, 1.807) is 0 Å². The molecule has 19 heavy (non-hydrogen) atoms. The second-order valence-corrected chi connectivity index (χ2v) is 6.79. The molecule has 1 aromatic rings. The van der Waals surface area contributed by atoms with Crippen LogP contribution in [0.25, 0.3) is 0 Å². The van der Waals surface area contributed by atoms with Crippen LogP contribution in [0.3, 0.4) is 0 Å². The minimum Gasteiger partial charge on any atom is -0.371 e. The molecular weight excluding hydrogens is 300 g/mol. The molecule has 2 nitrogen and oxygen atoms in total. The summed E-state index contributed by atoms with van der Waals surface area (Å²) in [7, 11) is 2.01. The third-order valence-electron chi connectivity index (χ3n) is 4.24. The van der Waals surface area contributed by atoms with Crippen LogP contribution in [0.5, 0.6) is 0 Å². The maximum atomic E-state index is 3.60. The van der Waals surface area contributed by atoms with Gasteiger partial charge in [-0.2, -0.15) is 0 Å². The van der Waals surface area contributed by atoms with Crippen molar-refractivity contribution in [2.75, 3.05) is 25.0 Å². The van der Waals surface area contributed by atoms with Crippen molar-refractivity contribution >= 4 is 21.6 Å². The molecule has 0 unspecified atom stereocenters. The summed E-state index contributed by atoms with van der Waals surface area (Å²) >= 11 is 3.60. The Morgan fingerprint density at radius 2 is 2.00 bits per heavy atom. The molecular formula is C16H25BrN2. The summed E-state index contributed by atoms with van der Waals surface area (Å²) in [6.45, 7) is 8.02. The van der Waals surface area contributed by atoms with E-state index in [0.717, 1.165) is 18.4 Å². The number of anilines is 1. The molecule has 0 saturated carbocycles. The molecule has 0 bridgehead atoms. The molecule has 0 aromatic heterocycles. The second kappa shape index (κ2) is 6.76. The van der Waals surface area contributed by atoms with Gasteiger partial charge in [-0.25, -0.2) is 0 Å². The minimum atomic E-state index is 0.821. The van der Waals surface area contributed by atoms with Gasteiger partial charge >= 0.3 is 0 Å². The van der Waals surface area contributed by atoms with Gasteiger partial charge in [0.25, 0.3) is 0 Å². The maximum Gasteiger partial charge on any atom is 0.0423 e. The fourth-order valence-corrected chi connectivity index (χ4v) is 3.33. The minimum absolute atomic E-state index is 0.821. The second-order valence-electron chi connectivity index (χ2n) is 5.87. The van der Waals surface area contributed by atoms with Gasteiger partial charge < -0.3 is 10.2 Å². The summed E-state index contributed by atoms with van der Waals surface area (Å²) in [6.07, 6.45) is 2.65. The van der Waals surface area contributed by atoms with Crippen molar-refractivity contribution in [3.8, 4) is 0 Å². The normalized spacial score (nSPS) is 17.2. The lowest BCUT2D eigenvalue weighted by Gasteiger charge is -2.36. The molecule has 1 N–H and O–H groups in total. The molecule has 1 aromatic carbocycles. The molecule has 1 fully saturated rings. The monoisotopic (exact) mass is 324 g/mol. The summed E-state index contributed by atoms with van der Waals surface area (Å²) in [4.78, 5) is 2.55. The fourth-order valence-electron chi connectivity index (χ4n) is 2.98. The summed E-state index contributed by atoms with van der Waals surface area (Å²) in [6, 6.07) is 6.63. The lowest BCUT2D eigenvalue weighted by molar-refractivity contribution is 0.311. The Morgan fingerprint density at radius 1 is 1.32 bits per heavy atom. The van der Waals surface area contributed by atoms with Crippen molar-refractivity contribution in [1.82, 2.24) is 5.32 Å². The Labute approximate surface area is 125 Å². The topological polar surface area (TPSA) is 15.3 Å². The number of hydrogen-bond donors (Lipinski definition) is 1. The van der Waals surface area contributed by atoms with Crippen LogP contribution in [0.2, 0.25) is 0 Å². The van der Waals surface area contributed by atoms with Gasteiger partial charge in [-0.1, -0.05) is 35.8 Å². The third-order valence-corrected chi connectivity index (χ3v) is 4.73. The van der Waals surface area contributed by atoms with Crippen molar-refractivity contribution in [1.29, 1.82) is 0 Å². The van der Waals surface area contributed by atoms with Crippen molar-refractivity contribution in [3.05, 3.63) is 28.2 Å². The quantitative estimate of drug-likeness (QED) is 0.899. The molecule has 106 valence electrons. The van der Waals surface area contributed by atoms with E-state index in [-0.39, 0.29) is 0 Å². The average Bonchev–Trinajstić information content (AvgIpc) is 2.41. The van der Waals surface area contributed by atoms with E-state index in [2.05, 4.69) is 58.2 Å².